The second-order valence-electron chi connectivity index (χ2n) is 6.17. The van der Waals surface area contributed by atoms with Crippen LogP contribution < -0.4 is 15.4 Å². The van der Waals surface area contributed by atoms with Crippen molar-refractivity contribution in [2.75, 3.05) is 32.1 Å². The van der Waals surface area contributed by atoms with E-state index < -0.39 is 5.97 Å². The Morgan fingerprint density at radius 2 is 1.93 bits per heavy atom. The third-order valence-corrected chi connectivity index (χ3v) is 4.12. The summed E-state index contributed by atoms with van der Waals surface area (Å²) in [5.74, 6) is -0.232. The predicted molar refractivity (Wildman–Crippen MR) is 105 cm³/mol. The predicted octanol–water partition coefficient (Wildman–Crippen LogP) is 2.83. The van der Waals surface area contributed by atoms with Gasteiger partial charge in [0.2, 0.25) is 0 Å². The Balaban J connectivity index is 1.67. The van der Waals surface area contributed by atoms with Gasteiger partial charge >= 0.3 is 5.97 Å². The van der Waals surface area contributed by atoms with Crippen LogP contribution in [0.2, 0.25) is 0 Å². The number of nitriles is 1. The van der Waals surface area contributed by atoms with Crippen molar-refractivity contribution in [3.8, 4) is 11.8 Å². The first-order valence-corrected chi connectivity index (χ1v) is 8.95. The lowest BCUT2D eigenvalue weighted by atomic mass is 10.1. The molecule has 0 aliphatic rings. The highest BCUT2D eigenvalue weighted by Crippen LogP contribution is 2.27. The van der Waals surface area contributed by atoms with Crippen molar-refractivity contribution in [1.29, 1.82) is 5.26 Å². The number of anilines is 1. The number of carboxylic acid groups (broad SMARTS) is 1. The first-order valence-electron chi connectivity index (χ1n) is 8.95. The Labute approximate surface area is 159 Å². The fraction of sp³-hybridized carbons (Fsp3) is 0.333. The largest absolute Gasteiger partial charge is 0.493 e. The van der Waals surface area contributed by atoms with E-state index in [1.54, 1.807) is 13.2 Å². The molecule has 0 aliphatic heterocycles. The topological polar surface area (TPSA) is 94.4 Å². The van der Waals surface area contributed by atoms with Crippen LogP contribution in [0.4, 0.5) is 5.69 Å². The zero-order valence-electron chi connectivity index (χ0n) is 15.5. The van der Waals surface area contributed by atoms with Gasteiger partial charge < -0.3 is 20.5 Å². The number of benzene rings is 2. The summed E-state index contributed by atoms with van der Waals surface area (Å²) in [5, 5.41) is 24.6. The average molecular weight is 367 g/mol. The molecule has 142 valence electrons. The molecule has 0 radical (unpaired) electrons. The number of hydrogen-bond acceptors (Lipinski definition) is 5. The number of hydrogen-bond donors (Lipinski definition) is 3. The molecule has 2 aromatic rings. The molecule has 0 unspecified atom stereocenters. The van der Waals surface area contributed by atoms with E-state index in [0.29, 0.717) is 11.3 Å². The van der Waals surface area contributed by atoms with Crippen LogP contribution >= 0.6 is 0 Å². The fourth-order valence-corrected chi connectivity index (χ4v) is 2.85. The van der Waals surface area contributed by atoms with Crippen LogP contribution in [0.1, 0.15) is 23.1 Å². The number of methoxy groups -OCH3 is 1. The van der Waals surface area contributed by atoms with E-state index in [1.807, 2.05) is 36.4 Å². The molecule has 0 aliphatic carbocycles. The van der Waals surface area contributed by atoms with Gasteiger partial charge in [0.1, 0.15) is 6.07 Å². The highest BCUT2D eigenvalue weighted by atomic mass is 16.5. The monoisotopic (exact) mass is 367 g/mol. The van der Waals surface area contributed by atoms with Gasteiger partial charge in [-0.1, -0.05) is 30.3 Å². The molecule has 0 atom stereocenters. The smallest absolute Gasteiger partial charge is 0.307 e. The van der Waals surface area contributed by atoms with Gasteiger partial charge in [-0.3, -0.25) is 4.79 Å². The minimum Gasteiger partial charge on any atom is -0.493 e. The molecule has 0 spiro atoms. The molecule has 0 aromatic heterocycles. The summed E-state index contributed by atoms with van der Waals surface area (Å²) in [4.78, 5) is 10.8. The van der Waals surface area contributed by atoms with Gasteiger partial charge in [0, 0.05) is 6.54 Å². The Kier molecular flexibility index (Phi) is 8.14. The normalized spacial score (nSPS) is 10.2. The lowest BCUT2D eigenvalue weighted by molar-refractivity contribution is -0.136. The molecule has 27 heavy (non-hydrogen) atoms. The van der Waals surface area contributed by atoms with Gasteiger partial charge in [0.05, 0.1) is 24.8 Å². The van der Waals surface area contributed by atoms with Gasteiger partial charge in [-0.25, -0.2) is 0 Å². The van der Waals surface area contributed by atoms with E-state index in [9.17, 15) is 4.79 Å². The molecular weight excluding hydrogens is 342 g/mol. The molecule has 0 fully saturated rings. The maximum atomic E-state index is 10.8. The van der Waals surface area contributed by atoms with Crippen molar-refractivity contribution in [3.63, 3.8) is 0 Å². The molecular formula is C21H25N3O3. The molecule has 0 amide bonds. The van der Waals surface area contributed by atoms with Gasteiger partial charge in [0.15, 0.2) is 5.75 Å². The minimum atomic E-state index is -0.810. The van der Waals surface area contributed by atoms with E-state index in [1.165, 1.54) is 0 Å². The van der Waals surface area contributed by atoms with Crippen LogP contribution in [0.5, 0.6) is 5.75 Å². The van der Waals surface area contributed by atoms with Crippen molar-refractivity contribution >= 4 is 11.7 Å². The SMILES string of the molecule is COc1c(C#N)cccc1NCCCNCCc1cccc(CC(=O)O)c1. The third kappa shape index (κ3) is 6.65. The Morgan fingerprint density at radius 1 is 1.15 bits per heavy atom. The minimum absolute atomic E-state index is 0.0589. The number of ether oxygens (including phenoxy) is 1. The third-order valence-electron chi connectivity index (χ3n) is 4.12. The number of nitrogens with zero attached hydrogens (tertiary/aromatic N) is 1. The molecule has 3 N–H and O–H groups in total. The Bertz CT molecular complexity index is 799. The number of aliphatic carboxylic acids is 1. The first kappa shape index (κ1) is 20.3. The summed E-state index contributed by atoms with van der Waals surface area (Å²) in [5.41, 5.74) is 3.31. The maximum Gasteiger partial charge on any atom is 0.307 e. The van der Waals surface area contributed by atoms with Crippen LogP contribution in [-0.4, -0.2) is 37.8 Å². The Morgan fingerprint density at radius 3 is 2.67 bits per heavy atom. The zero-order chi connectivity index (χ0) is 19.5. The lowest BCUT2D eigenvalue weighted by Crippen LogP contribution is -2.20. The first-order chi connectivity index (χ1) is 13.1. The summed E-state index contributed by atoms with van der Waals surface area (Å²) < 4.78 is 5.31. The standard InChI is InChI=1S/C21H25N3O3/c1-27-21-18(15-22)7-3-8-19(21)24-11-4-10-23-12-9-16-5-2-6-17(13-16)14-20(25)26/h2-3,5-8,13,23-24H,4,9-12,14H2,1H3,(H,25,26). The highest BCUT2D eigenvalue weighted by Gasteiger charge is 2.07. The van der Waals surface area contributed by atoms with E-state index in [0.717, 1.165) is 49.3 Å². The average Bonchev–Trinajstić information content (AvgIpc) is 2.66. The summed E-state index contributed by atoms with van der Waals surface area (Å²) in [6.07, 6.45) is 1.85. The number of carbonyl (C=O) groups is 1. The molecule has 0 bridgehead atoms. The van der Waals surface area contributed by atoms with Crippen molar-refractivity contribution in [3.05, 3.63) is 59.2 Å². The van der Waals surface area contributed by atoms with Crippen LogP contribution in [-0.2, 0) is 17.6 Å². The van der Waals surface area contributed by atoms with Crippen LogP contribution in [0.25, 0.3) is 0 Å². The zero-order valence-corrected chi connectivity index (χ0v) is 15.5. The summed E-state index contributed by atoms with van der Waals surface area (Å²) in [6, 6.07) is 15.3. The molecule has 2 rings (SSSR count). The van der Waals surface area contributed by atoms with Gasteiger partial charge in [-0.15, -0.1) is 0 Å². The number of carboxylic acids is 1. The molecule has 6 nitrogen and oxygen atoms in total. The quantitative estimate of drug-likeness (QED) is 0.529. The number of para-hydroxylation sites is 1. The number of rotatable bonds is 11. The highest BCUT2D eigenvalue weighted by molar-refractivity contribution is 5.70. The van der Waals surface area contributed by atoms with Crippen molar-refractivity contribution in [2.45, 2.75) is 19.3 Å². The summed E-state index contributed by atoms with van der Waals surface area (Å²) >= 11 is 0. The van der Waals surface area contributed by atoms with E-state index in [2.05, 4.69) is 16.7 Å². The second-order valence-corrected chi connectivity index (χ2v) is 6.17. The van der Waals surface area contributed by atoms with Crippen LogP contribution in [0.3, 0.4) is 0 Å². The van der Waals surface area contributed by atoms with Crippen LogP contribution in [0, 0.1) is 11.3 Å². The van der Waals surface area contributed by atoms with Crippen LogP contribution in [0.15, 0.2) is 42.5 Å². The molecule has 0 saturated heterocycles. The van der Waals surface area contributed by atoms with E-state index >= 15 is 0 Å². The maximum absolute atomic E-state index is 10.8. The lowest BCUT2D eigenvalue weighted by Gasteiger charge is -2.12. The second kappa shape index (κ2) is 10.8. The van der Waals surface area contributed by atoms with Crippen molar-refractivity contribution < 1.29 is 14.6 Å². The molecule has 6 heteroatoms. The summed E-state index contributed by atoms with van der Waals surface area (Å²) in [6.45, 7) is 2.47. The Hall–Kier alpha value is -3.04. The fourth-order valence-electron chi connectivity index (χ4n) is 2.85. The van der Waals surface area contributed by atoms with Gasteiger partial charge in [-0.05, 0) is 49.2 Å². The molecule has 2 aromatic carbocycles. The van der Waals surface area contributed by atoms with Crippen molar-refractivity contribution in [1.82, 2.24) is 5.32 Å². The molecule has 0 saturated carbocycles. The number of nitrogens with one attached hydrogen (secondary N) is 2. The van der Waals surface area contributed by atoms with Gasteiger partial charge in [-0.2, -0.15) is 5.26 Å². The summed E-state index contributed by atoms with van der Waals surface area (Å²) in [7, 11) is 1.56. The van der Waals surface area contributed by atoms with Crippen molar-refractivity contribution in [2.24, 2.45) is 0 Å². The molecule has 0 heterocycles. The van der Waals surface area contributed by atoms with E-state index in [4.69, 9.17) is 15.1 Å². The van der Waals surface area contributed by atoms with E-state index in [-0.39, 0.29) is 6.42 Å². The van der Waals surface area contributed by atoms with Gasteiger partial charge in [0.25, 0.3) is 0 Å².